The smallest absolute Gasteiger partial charge is 0.335 e. The van der Waals surface area contributed by atoms with Crippen LogP contribution in [0, 0.1) is 22.7 Å². The second-order valence-corrected chi connectivity index (χ2v) is 13.2. The molecule has 0 radical (unpaired) electrons. The molecule has 6 rings (SSSR count). The van der Waals surface area contributed by atoms with Crippen molar-refractivity contribution in [3.8, 4) is 0 Å². The average Bonchev–Trinajstić information content (AvgIpc) is 3.16. The van der Waals surface area contributed by atoms with Gasteiger partial charge in [0.1, 0.15) is 0 Å². The minimum atomic E-state index is -0.757. The lowest BCUT2D eigenvalue weighted by molar-refractivity contribution is -0.252. The van der Waals surface area contributed by atoms with Crippen molar-refractivity contribution in [2.45, 2.75) is 101 Å². The lowest BCUT2D eigenvalue weighted by Crippen LogP contribution is -2.68. The van der Waals surface area contributed by atoms with E-state index >= 15 is 0 Å². The van der Waals surface area contributed by atoms with Gasteiger partial charge in [0.25, 0.3) is 0 Å². The van der Waals surface area contributed by atoms with Crippen molar-refractivity contribution in [1.29, 1.82) is 0 Å². The van der Waals surface area contributed by atoms with Gasteiger partial charge in [-0.3, -0.25) is 4.90 Å². The van der Waals surface area contributed by atoms with Crippen LogP contribution in [0.15, 0.2) is 27.6 Å². The van der Waals surface area contributed by atoms with Crippen LogP contribution in [0.3, 0.4) is 0 Å². The third-order valence-corrected chi connectivity index (χ3v) is 12.1. The average molecular weight is 501 g/mol. The number of hydrogen-bond acceptors (Lipinski definition) is 7. The third-order valence-electron chi connectivity index (χ3n) is 12.1. The zero-order valence-electron chi connectivity index (χ0n) is 22.0. The fourth-order valence-corrected chi connectivity index (χ4v) is 9.93. The van der Waals surface area contributed by atoms with Gasteiger partial charge in [-0.2, -0.15) is 0 Å². The molecular formula is C29H44N2O5. The van der Waals surface area contributed by atoms with Crippen LogP contribution in [0.2, 0.25) is 0 Å². The molecule has 0 spiro atoms. The molecule has 5 fully saturated rings. The number of ether oxygens (including phenoxy) is 1. The molecule has 4 N–H and O–H groups in total. The summed E-state index contributed by atoms with van der Waals surface area (Å²) in [5, 5.41) is 24.7. The summed E-state index contributed by atoms with van der Waals surface area (Å²) in [6.07, 6.45) is 9.73. The molecule has 1 aliphatic heterocycles. The van der Waals surface area contributed by atoms with Crippen molar-refractivity contribution < 1.29 is 19.4 Å². The van der Waals surface area contributed by atoms with Crippen LogP contribution in [0.25, 0.3) is 0 Å². The first-order valence-corrected chi connectivity index (χ1v) is 14.2. The highest BCUT2D eigenvalue weighted by atomic mass is 16.5. The van der Waals surface area contributed by atoms with Gasteiger partial charge in [0.15, 0.2) is 0 Å². The summed E-state index contributed by atoms with van der Waals surface area (Å²) in [4.78, 5) is 14.1. The molecule has 0 amide bonds. The van der Waals surface area contributed by atoms with Gasteiger partial charge < -0.3 is 25.1 Å². The molecule has 200 valence electrons. The third kappa shape index (κ3) is 3.39. The molecule has 2 heterocycles. The van der Waals surface area contributed by atoms with Crippen molar-refractivity contribution >= 4 is 0 Å². The van der Waals surface area contributed by atoms with Gasteiger partial charge in [0, 0.05) is 36.7 Å². The van der Waals surface area contributed by atoms with Crippen molar-refractivity contribution in [3.63, 3.8) is 0 Å². The maximum Gasteiger partial charge on any atom is 0.335 e. The van der Waals surface area contributed by atoms with E-state index in [2.05, 4.69) is 18.7 Å². The van der Waals surface area contributed by atoms with Gasteiger partial charge in [-0.15, -0.1) is 0 Å². The van der Waals surface area contributed by atoms with Gasteiger partial charge in [-0.05, 0) is 92.6 Å². The normalized spacial score (nSPS) is 49.2. The Hall–Kier alpha value is -1.25. The van der Waals surface area contributed by atoms with E-state index in [1.165, 1.54) is 6.07 Å². The predicted octanol–water partition coefficient (Wildman–Crippen LogP) is 3.02. The van der Waals surface area contributed by atoms with E-state index in [9.17, 15) is 15.0 Å². The lowest BCUT2D eigenvalue weighted by Gasteiger charge is -2.66. The molecule has 36 heavy (non-hydrogen) atoms. The van der Waals surface area contributed by atoms with E-state index in [1.807, 2.05) is 6.07 Å². The summed E-state index contributed by atoms with van der Waals surface area (Å²) >= 11 is 0. The SMILES string of the molecule is C[C@]12CC[C@H]3[C@@H](CC[C@]4(O)C[C@@H](N5CCOC[C@@H]5CN)CC[C@]34C)[C@@]1(O)CCC2c1ccc(=O)oc1. The molecule has 4 aliphatic carbocycles. The quantitative estimate of drug-likeness (QED) is 0.585. The molecule has 1 aromatic rings. The highest BCUT2D eigenvalue weighted by molar-refractivity contribution is 5.28. The Morgan fingerprint density at radius 1 is 1.03 bits per heavy atom. The lowest BCUT2D eigenvalue weighted by atomic mass is 9.41. The van der Waals surface area contributed by atoms with Gasteiger partial charge in [0.05, 0.1) is 30.7 Å². The first-order chi connectivity index (χ1) is 17.2. The molecule has 5 aliphatic rings. The molecule has 0 aromatic carbocycles. The zero-order chi connectivity index (χ0) is 25.3. The Balaban J connectivity index is 1.26. The van der Waals surface area contributed by atoms with Crippen LogP contribution in [0.4, 0.5) is 0 Å². The first-order valence-electron chi connectivity index (χ1n) is 14.2. The van der Waals surface area contributed by atoms with Gasteiger partial charge in [-0.1, -0.05) is 13.8 Å². The van der Waals surface area contributed by atoms with E-state index in [4.69, 9.17) is 14.9 Å². The highest BCUT2D eigenvalue weighted by Gasteiger charge is 2.70. The van der Waals surface area contributed by atoms with Gasteiger partial charge in [-0.25, -0.2) is 4.79 Å². The van der Waals surface area contributed by atoms with E-state index < -0.39 is 11.2 Å². The van der Waals surface area contributed by atoms with Gasteiger partial charge in [0.2, 0.25) is 0 Å². The maximum atomic E-state index is 12.5. The number of nitrogens with zero attached hydrogens (tertiary/aromatic N) is 1. The van der Waals surface area contributed by atoms with E-state index in [0.29, 0.717) is 25.1 Å². The Kier molecular flexibility index (Phi) is 6.01. The van der Waals surface area contributed by atoms with E-state index in [1.54, 1.807) is 6.26 Å². The maximum absolute atomic E-state index is 12.5. The van der Waals surface area contributed by atoms with Crippen molar-refractivity contribution in [2.24, 2.45) is 28.4 Å². The summed E-state index contributed by atoms with van der Waals surface area (Å²) < 4.78 is 10.9. The molecule has 1 unspecified atom stereocenters. The Bertz CT molecular complexity index is 1030. The second kappa shape index (κ2) is 8.63. The van der Waals surface area contributed by atoms with Crippen LogP contribution < -0.4 is 11.4 Å². The molecule has 1 aromatic heterocycles. The van der Waals surface area contributed by atoms with Crippen molar-refractivity contribution in [3.05, 3.63) is 34.4 Å². The summed E-state index contributed by atoms with van der Waals surface area (Å²) in [7, 11) is 0. The fraction of sp³-hybridized carbons (Fsp3) is 0.828. The van der Waals surface area contributed by atoms with Crippen LogP contribution in [-0.4, -0.2) is 64.7 Å². The molecular weight excluding hydrogens is 456 g/mol. The first kappa shape index (κ1) is 25.1. The number of hydrogen-bond donors (Lipinski definition) is 3. The molecule has 0 bridgehead atoms. The summed E-state index contributed by atoms with van der Waals surface area (Å²) in [5.41, 5.74) is 4.88. The monoisotopic (exact) mass is 500 g/mol. The van der Waals surface area contributed by atoms with Crippen molar-refractivity contribution in [2.75, 3.05) is 26.3 Å². The molecule has 7 heteroatoms. The Labute approximate surface area is 214 Å². The molecule has 7 nitrogen and oxygen atoms in total. The summed E-state index contributed by atoms with van der Waals surface area (Å²) in [6.45, 7) is 7.50. The van der Waals surface area contributed by atoms with E-state index in [-0.39, 0.29) is 34.3 Å². The predicted molar refractivity (Wildman–Crippen MR) is 137 cm³/mol. The zero-order valence-corrected chi connectivity index (χ0v) is 22.0. The molecule has 1 saturated heterocycles. The second-order valence-electron chi connectivity index (χ2n) is 13.2. The van der Waals surface area contributed by atoms with Crippen LogP contribution in [0.5, 0.6) is 0 Å². The molecule has 4 saturated carbocycles. The van der Waals surface area contributed by atoms with Crippen LogP contribution in [-0.2, 0) is 4.74 Å². The number of aliphatic hydroxyl groups is 2. The minimum absolute atomic E-state index is 0.187. The highest BCUT2D eigenvalue weighted by Crippen LogP contribution is 2.71. The minimum Gasteiger partial charge on any atom is -0.431 e. The summed E-state index contributed by atoms with van der Waals surface area (Å²) in [5.74, 6) is 0.698. The largest absolute Gasteiger partial charge is 0.431 e. The van der Waals surface area contributed by atoms with Crippen LogP contribution in [0.1, 0.15) is 83.1 Å². The van der Waals surface area contributed by atoms with E-state index in [0.717, 1.165) is 76.5 Å². The standard InChI is InChI=1S/C29H44N2O5/c1-26-9-5-20(31-13-14-35-18-21(31)16-30)15-28(26,33)11-7-24-23(26)6-10-27(2)22(8-12-29(24,27)34)19-3-4-25(32)36-17-19/h3-4,17,20-24,33-34H,5-16,18,30H2,1-2H3/t20-,21-,22?,23-,24+,26+,27+,28-,29-/m0/s1. The number of rotatable bonds is 3. The van der Waals surface area contributed by atoms with Gasteiger partial charge >= 0.3 is 5.63 Å². The van der Waals surface area contributed by atoms with Crippen molar-refractivity contribution in [1.82, 2.24) is 4.90 Å². The molecule has 9 atom stereocenters. The number of morpholine rings is 1. The fourth-order valence-electron chi connectivity index (χ4n) is 9.93. The Morgan fingerprint density at radius 2 is 1.81 bits per heavy atom. The number of fused-ring (bicyclic) bond motifs is 5. The Morgan fingerprint density at radius 3 is 2.56 bits per heavy atom. The van der Waals surface area contributed by atoms with Crippen LogP contribution >= 0.6 is 0 Å². The number of nitrogens with two attached hydrogens (primary N) is 1. The topological polar surface area (TPSA) is 109 Å². The summed E-state index contributed by atoms with van der Waals surface area (Å²) in [6, 6.07) is 3.98.